The molecular formula is C24H30N4O3S2. The highest BCUT2D eigenvalue weighted by atomic mass is 32.2. The normalized spacial score (nSPS) is 16.1. The van der Waals surface area contributed by atoms with Crippen molar-refractivity contribution in [3.05, 3.63) is 47.5 Å². The van der Waals surface area contributed by atoms with Crippen LogP contribution in [0.2, 0.25) is 0 Å². The Balaban J connectivity index is 1.58. The van der Waals surface area contributed by atoms with Gasteiger partial charge in [-0.25, -0.2) is 8.42 Å². The van der Waals surface area contributed by atoms with Crippen molar-refractivity contribution in [2.75, 3.05) is 24.3 Å². The standard InChI is InChI=1S/C24H30N4O3S2/c1-15(2)31-22-11-10-16(14-20(22)25)23-27-28-24(32-23)19-8-4-7-18-17(19)6-5-9-21(18)26-12-13-33(3,29)30/h4,7-8,10-11,14-15,21,26H,5-6,9,12-13,25H2,1-3H3/t21-/m0/s1. The Kier molecular flexibility index (Phi) is 7.02. The molecule has 3 aromatic rings. The molecule has 0 fully saturated rings. The van der Waals surface area contributed by atoms with E-state index in [1.165, 1.54) is 17.4 Å². The van der Waals surface area contributed by atoms with Crippen LogP contribution in [0.3, 0.4) is 0 Å². The fourth-order valence-electron chi connectivity index (χ4n) is 4.17. The molecule has 1 aliphatic rings. The highest BCUT2D eigenvalue weighted by Gasteiger charge is 2.24. The number of sulfone groups is 1. The summed E-state index contributed by atoms with van der Waals surface area (Å²) in [6.45, 7) is 4.39. The molecular weight excluding hydrogens is 456 g/mol. The van der Waals surface area contributed by atoms with Crippen molar-refractivity contribution >= 4 is 26.9 Å². The summed E-state index contributed by atoms with van der Waals surface area (Å²) in [4.78, 5) is 0. The molecule has 1 aliphatic carbocycles. The van der Waals surface area contributed by atoms with Crippen molar-refractivity contribution in [2.45, 2.75) is 45.3 Å². The number of hydrogen-bond donors (Lipinski definition) is 2. The minimum atomic E-state index is -2.98. The van der Waals surface area contributed by atoms with Crippen molar-refractivity contribution in [1.29, 1.82) is 0 Å². The van der Waals surface area contributed by atoms with Crippen LogP contribution in [-0.4, -0.2) is 43.3 Å². The van der Waals surface area contributed by atoms with Crippen molar-refractivity contribution in [3.8, 4) is 26.9 Å². The lowest BCUT2D eigenvalue weighted by atomic mass is 9.85. The van der Waals surface area contributed by atoms with Gasteiger partial charge in [0.15, 0.2) is 0 Å². The topological polar surface area (TPSA) is 107 Å². The maximum Gasteiger partial charge on any atom is 0.148 e. The first-order valence-corrected chi connectivity index (χ1v) is 14.0. The minimum Gasteiger partial charge on any atom is -0.489 e. The van der Waals surface area contributed by atoms with Crippen molar-refractivity contribution in [2.24, 2.45) is 0 Å². The molecule has 176 valence electrons. The number of nitrogens with two attached hydrogens (primary N) is 1. The van der Waals surface area contributed by atoms with E-state index in [2.05, 4.69) is 27.6 Å². The summed E-state index contributed by atoms with van der Waals surface area (Å²) < 4.78 is 28.7. The molecule has 1 heterocycles. The molecule has 0 spiro atoms. The van der Waals surface area contributed by atoms with Crippen LogP contribution in [0.25, 0.3) is 21.1 Å². The third-order valence-corrected chi connectivity index (χ3v) is 7.60. The van der Waals surface area contributed by atoms with Gasteiger partial charge in [0, 0.05) is 30.0 Å². The SMILES string of the molecule is CC(C)Oc1ccc(-c2nnc(-c3cccc4c3CCC[C@@H]4NCCS(C)(=O)=O)s2)cc1N. The van der Waals surface area contributed by atoms with Gasteiger partial charge in [-0.1, -0.05) is 29.5 Å². The van der Waals surface area contributed by atoms with E-state index in [1.807, 2.05) is 38.1 Å². The Morgan fingerprint density at radius 2 is 2.00 bits per heavy atom. The van der Waals surface area contributed by atoms with E-state index in [0.717, 1.165) is 40.4 Å². The largest absolute Gasteiger partial charge is 0.489 e. The molecule has 0 unspecified atom stereocenters. The molecule has 0 amide bonds. The molecule has 1 aromatic heterocycles. The van der Waals surface area contributed by atoms with Crippen LogP contribution < -0.4 is 15.8 Å². The fourth-order valence-corrected chi connectivity index (χ4v) is 5.55. The van der Waals surface area contributed by atoms with Crippen molar-refractivity contribution in [1.82, 2.24) is 15.5 Å². The third-order valence-electron chi connectivity index (χ3n) is 5.65. The summed E-state index contributed by atoms with van der Waals surface area (Å²) in [5.74, 6) is 0.813. The molecule has 0 saturated carbocycles. The third kappa shape index (κ3) is 5.72. The second kappa shape index (κ2) is 9.79. The predicted octanol–water partition coefficient (Wildman–Crippen LogP) is 4.25. The monoisotopic (exact) mass is 486 g/mol. The second-order valence-corrected chi connectivity index (χ2v) is 12.0. The van der Waals surface area contributed by atoms with E-state index in [1.54, 1.807) is 11.3 Å². The zero-order valence-corrected chi connectivity index (χ0v) is 20.8. The molecule has 0 saturated heterocycles. The quantitative estimate of drug-likeness (QED) is 0.458. The highest BCUT2D eigenvalue weighted by molar-refractivity contribution is 7.90. The minimum absolute atomic E-state index is 0.0558. The van der Waals surface area contributed by atoms with Gasteiger partial charge < -0.3 is 15.8 Å². The van der Waals surface area contributed by atoms with Crippen LogP contribution >= 0.6 is 11.3 Å². The number of aromatic nitrogens is 2. The van der Waals surface area contributed by atoms with E-state index in [0.29, 0.717) is 18.0 Å². The first-order valence-electron chi connectivity index (χ1n) is 11.1. The number of nitrogens with zero attached hydrogens (tertiary/aromatic N) is 2. The number of anilines is 1. The Morgan fingerprint density at radius 1 is 1.21 bits per heavy atom. The number of rotatable bonds is 8. The van der Waals surface area contributed by atoms with E-state index >= 15 is 0 Å². The summed E-state index contributed by atoms with van der Waals surface area (Å²) in [6, 6.07) is 12.1. The molecule has 4 rings (SSSR count). The van der Waals surface area contributed by atoms with Crippen LogP contribution in [0.4, 0.5) is 5.69 Å². The molecule has 0 radical (unpaired) electrons. The van der Waals surface area contributed by atoms with Gasteiger partial charge in [-0.2, -0.15) is 0 Å². The molecule has 9 heteroatoms. The summed E-state index contributed by atoms with van der Waals surface area (Å²) in [7, 11) is -2.98. The summed E-state index contributed by atoms with van der Waals surface area (Å²) in [6.07, 6.45) is 4.33. The summed E-state index contributed by atoms with van der Waals surface area (Å²) >= 11 is 1.54. The zero-order valence-electron chi connectivity index (χ0n) is 19.2. The van der Waals surface area contributed by atoms with Gasteiger partial charge in [0.25, 0.3) is 0 Å². The van der Waals surface area contributed by atoms with Crippen molar-refractivity contribution < 1.29 is 13.2 Å². The van der Waals surface area contributed by atoms with Crippen LogP contribution in [0.1, 0.15) is 43.9 Å². The van der Waals surface area contributed by atoms with E-state index in [-0.39, 0.29) is 17.9 Å². The van der Waals surface area contributed by atoms with Crippen LogP contribution in [-0.2, 0) is 16.3 Å². The predicted molar refractivity (Wildman–Crippen MR) is 134 cm³/mol. The molecule has 7 nitrogen and oxygen atoms in total. The molecule has 33 heavy (non-hydrogen) atoms. The lowest BCUT2D eigenvalue weighted by molar-refractivity contribution is 0.244. The molecule has 1 atom stereocenters. The maximum atomic E-state index is 11.5. The Labute approximate surface area is 199 Å². The number of benzene rings is 2. The lowest BCUT2D eigenvalue weighted by Gasteiger charge is -2.28. The lowest BCUT2D eigenvalue weighted by Crippen LogP contribution is -2.29. The molecule has 2 aromatic carbocycles. The Bertz CT molecular complexity index is 1240. The van der Waals surface area contributed by atoms with Gasteiger partial charge in [-0.15, -0.1) is 10.2 Å². The number of ether oxygens (including phenoxy) is 1. The number of nitrogens with one attached hydrogen (secondary N) is 1. The van der Waals surface area contributed by atoms with Crippen LogP contribution in [0.15, 0.2) is 36.4 Å². The number of fused-ring (bicyclic) bond motifs is 1. The van der Waals surface area contributed by atoms with Gasteiger partial charge in [0.1, 0.15) is 25.6 Å². The average molecular weight is 487 g/mol. The van der Waals surface area contributed by atoms with Gasteiger partial charge >= 0.3 is 0 Å². The fraction of sp³-hybridized carbons (Fsp3) is 0.417. The zero-order chi connectivity index (χ0) is 23.6. The van der Waals surface area contributed by atoms with E-state index < -0.39 is 9.84 Å². The Hall–Kier alpha value is -2.49. The average Bonchev–Trinajstić information content (AvgIpc) is 3.24. The number of hydrogen-bond acceptors (Lipinski definition) is 8. The molecule has 0 aliphatic heterocycles. The van der Waals surface area contributed by atoms with Gasteiger partial charge in [-0.05, 0) is 62.4 Å². The maximum absolute atomic E-state index is 11.5. The number of nitrogen functional groups attached to an aromatic ring is 1. The smallest absolute Gasteiger partial charge is 0.148 e. The van der Waals surface area contributed by atoms with Gasteiger partial charge in [-0.3, -0.25) is 0 Å². The highest BCUT2D eigenvalue weighted by Crippen LogP contribution is 2.39. The molecule has 0 bridgehead atoms. The van der Waals surface area contributed by atoms with Gasteiger partial charge in [0.05, 0.1) is 17.5 Å². The van der Waals surface area contributed by atoms with Gasteiger partial charge in [0.2, 0.25) is 0 Å². The molecule has 3 N–H and O–H groups in total. The van der Waals surface area contributed by atoms with Crippen LogP contribution in [0, 0.1) is 0 Å². The first-order chi connectivity index (χ1) is 15.7. The van der Waals surface area contributed by atoms with Crippen LogP contribution in [0.5, 0.6) is 5.75 Å². The van der Waals surface area contributed by atoms with Crippen molar-refractivity contribution in [3.63, 3.8) is 0 Å². The van der Waals surface area contributed by atoms with E-state index in [9.17, 15) is 8.42 Å². The summed E-state index contributed by atoms with van der Waals surface area (Å²) in [5, 5.41) is 14.0. The van der Waals surface area contributed by atoms with E-state index in [4.69, 9.17) is 10.5 Å². The Morgan fingerprint density at radius 3 is 2.73 bits per heavy atom. The first kappa shape index (κ1) is 23.7. The summed E-state index contributed by atoms with van der Waals surface area (Å²) in [5.41, 5.74) is 11.3. The second-order valence-electron chi connectivity index (χ2n) is 8.73.